The third kappa shape index (κ3) is 1.48. The van der Waals surface area contributed by atoms with Gasteiger partial charge in [0.05, 0.1) is 0 Å². The molecule has 1 saturated carbocycles. The SMILES string of the molecule is C1CNC2(CCSC1)CC2. The van der Waals surface area contributed by atoms with Crippen LogP contribution in [0.3, 0.4) is 0 Å². The van der Waals surface area contributed by atoms with Gasteiger partial charge in [-0.3, -0.25) is 0 Å². The monoisotopic (exact) mass is 157 g/mol. The Morgan fingerprint density at radius 3 is 2.80 bits per heavy atom. The summed E-state index contributed by atoms with van der Waals surface area (Å²) >= 11 is 2.13. The molecule has 0 bridgehead atoms. The van der Waals surface area contributed by atoms with Gasteiger partial charge in [-0.05, 0) is 43.7 Å². The summed E-state index contributed by atoms with van der Waals surface area (Å²) in [6, 6.07) is 0. The molecule has 58 valence electrons. The second-order valence-electron chi connectivity index (χ2n) is 3.42. The second kappa shape index (κ2) is 2.74. The number of nitrogens with one attached hydrogen (secondary N) is 1. The number of hydrogen-bond acceptors (Lipinski definition) is 2. The van der Waals surface area contributed by atoms with Gasteiger partial charge in [0.25, 0.3) is 0 Å². The molecule has 1 heterocycles. The highest BCUT2D eigenvalue weighted by molar-refractivity contribution is 7.99. The van der Waals surface area contributed by atoms with Gasteiger partial charge >= 0.3 is 0 Å². The van der Waals surface area contributed by atoms with Gasteiger partial charge in [-0.15, -0.1) is 0 Å². The minimum atomic E-state index is 0.632. The first-order valence-electron chi connectivity index (χ1n) is 4.24. The highest BCUT2D eigenvalue weighted by Crippen LogP contribution is 2.40. The maximum atomic E-state index is 3.66. The van der Waals surface area contributed by atoms with E-state index in [0.29, 0.717) is 5.54 Å². The Bertz CT molecular complexity index is 110. The minimum absolute atomic E-state index is 0.632. The maximum Gasteiger partial charge on any atom is 0.0190 e. The Morgan fingerprint density at radius 1 is 1.10 bits per heavy atom. The van der Waals surface area contributed by atoms with Crippen LogP contribution in [0.5, 0.6) is 0 Å². The van der Waals surface area contributed by atoms with Crippen molar-refractivity contribution < 1.29 is 0 Å². The van der Waals surface area contributed by atoms with Crippen LogP contribution in [0.2, 0.25) is 0 Å². The average molecular weight is 157 g/mol. The van der Waals surface area contributed by atoms with Gasteiger partial charge in [-0.1, -0.05) is 0 Å². The van der Waals surface area contributed by atoms with E-state index < -0.39 is 0 Å². The molecule has 1 spiro atoms. The van der Waals surface area contributed by atoms with E-state index in [-0.39, 0.29) is 0 Å². The number of thioether (sulfide) groups is 1. The minimum Gasteiger partial charge on any atom is -0.311 e. The molecule has 0 radical (unpaired) electrons. The van der Waals surface area contributed by atoms with E-state index >= 15 is 0 Å². The van der Waals surface area contributed by atoms with Crippen LogP contribution in [-0.2, 0) is 0 Å². The first-order valence-corrected chi connectivity index (χ1v) is 5.40. The summed E-state index contributed by atoms with van der Waals surface area (Å²) in [5, 5.41) is 3.66. The highest BCUT2D eigenvalue weighted by Gasteiger charge is 2.41. The molecular weight excluding hydrogens is 142 g/mol. The van der Waals surface area contributed by atoms with Crippen molar-refractivity contribution in [1.29, 1.82) is 0 Å². The average Bonchev–Trinajstić information content (AvgIpc) is 2.61. The molecule has 0 aromatic carbocycles. The van der Waals surface area contributed by atoms with E-state index in [1.54, 1.807) is 0 Å². The van der Waals surface area contributed by atoms with E-state index in [0.717, 1.165) is 0 Å². The topological polar surface area (TPSA) is 12.0 Å². The molecule has 2 heteroatoms. The molecule has 1 aliphatic carbocycles. The molecule has 1 nitrogen and oxygen atoms in total. The lowest BCUT2D eigenvalue weighted by Crippen LogP contribution is -2.34. The van der Waals surface area contributed by atoms with Crippen LogP contribution in [0.15, 0.2) is 0 Å². The predicted molar refractivity (Wildman–Crippen MR) is 46.5 cm³/mol. The molecule has 0 atom stereocenters. The molecule has 1 saturated heterocycles. The van der Waals surface area contributed by atoms with Crippen LogP contribution >= 0.6 is 11.8 Å². The van der Waals surface area contributed by atoms with Crippen LogP contribution in [0, 0.1) is 0 Å². The van der Waals surface area contributed by atoms with Gasteiger partial charge in [-0.2, -0.15) is 11.8 Å². The molecular formula is C8H15NS. The van der Waals surface area contributed by atoms with Crippen molar-refractivity contribution in [3.05, 3.63) is 0 Å². The summed E-state index contributed by atoms with van der Waals surface area (Å²) in [4.78, 5) is 0. The zero-order chi connectivity index (χ0) is 6.86. The summed E-state index contributed by atoms with van der Waals surface area (Å²) in [6.45, 7) is 1.26. The fraction of sp³-hybridized carbons (Fsp3) is 1.00. The molecule has 2 rings (SSSR count). The summed E-state index contributed by atoms with van der Waals surface area (Å²) in [5.41, 5.74) is 0.632. The normalized spacial score (nSPS) is 31.2. The Kier molecular flexibility index (Phi) is 1.92. The molecule has 1 aliphatic heterocycles. The van der Waals surface area contributed by atoms with Gasteiger partial charge in [0.1, 0.15) is 0 Å². The highest BCUT2D eigenvalue weighted by atomic mass is 32.2. The van der Waals surface area contributed by atoms with Crippen molar-refractivity contribution in [2.75, 3.05) is 18.1 Å². The fourth-order valence-electron chi connectivity index (χ4n) is 1.56. The first kappa shape index (κ1) is 6.99. The second-order valence-corrected chi connectivity index (χ2v) is 4.65. The zero-order valence-electron chi connectivity index (χ0n) is 6.36. The van der Waals surface area contributed by atoms with Crippen molar-refractivity contribution >= 4 is 11.8 Å². The molecule has 0 aromatic rings. The Balaban J connectivity index is 1.84. The van der Waals surface area contributed by atoms with Gasteiger partial charge in [-0.25, -0.2) is 0 Å². The summed E-state index contributed by atoms with van der Waals surface area (Å²) < 4.78 is 0. The predicted octanol–water partition coefficient (Wildman–Crippen LogP) is 1.64. The van der Waals surface area contributed by atoms with Crippen molar-refractivity contribution in [1.82, 2.24) is 5.32 Å². The van der Waals surface area contributed by atoms with Gasteiger partial charge < -0.3 is 5.32 Å². The van der Waals surface area contributed by atoms with Crippen molar-refractivity contribution in [2.45, 2.75) is 31.2 Å². The molecule has 0 aromatic heterocycles. The molecule has 2 fully saturated rings. The summed E-state index contributed by atoms with van der Waals surface area (Å²) in [7, 11) is 0. The summed E-state index contributed by atoms with van der Waals surface area (Å²) in [6.07, 6.45) is 5.66. The smallest absolute Gasteiger partial charge is 0.0190 e. The van der Waals surface area contributed by atoms with Crippen molar-refractivity contribution in [2.24, 2.45) is 0 Å². The van der Waals surface area contributed by atoms with E-state index in [2.05, 4.69) is 17.1 Å². The van der Waals surface area contributed by atoms with Gasteiger partial charge in [0, 0.05) is 5.54 Å². The van der Waals surface area contributed by atoms with Gasteiger partial charge in [0.2, 0.25) is 0 Å². The van der Waals surface area contributed by atoms with E-state index in [1.165, 1.54) is 43.7 Å². The Morgan fingerprint density at radius 2 is 2.00 bits per heavy atom. The quantitative estimate of drug-likeness (QED) is 0.573. The van der Waals surface area contributed by atoms with Crippen LogP contribution in [0.1, 0.15) is 25.7 Å². The van der Waals surface area contributed by atoms with Crippen LogP contribution in [-0.4, -0.2) is 23.6 Å². The standard InChI is InChI=1S/C8H15NS/c1-5-9-8(2-3-8)4-7-10-6-1/h9H,1-7H2. The van der Waals surface area contributed by atoms with Crippen LogP contribution < -0.4 is 5.32 Å². The third-order valence-electron chi connectivity index (χ3n) is 2.54. The lowest BCUT2D eigenvalue weighted by atomic mass is 10.2. The van der Waals surface area contributed by atoms with Crippen LogP contribution in [0.25, 0.3) is 0 Å². The molecule has 10 heavy (non-hydrogen) atoms. The number of hydrogen-bond donors (Lipinski definition) is 1. The van der Waals surface area contributed by atoms with Crippen molar-refractivity contribution in [3.8, 4) is 0 Å². The lowest BCUT2D eigenvalue weighted by molar-refractivity contribution is 0.482. The molecule has 0 unspecified atom stereocenters. The molecule has 1 N–H and O–H groups in total. The fourth-order valence-corrected chi connectivity index (χ4v) is 2.65. The lowest BCUT2D eigenvalue weighted by Gasteiger charge is -2.19. The molecule has 0 amide bonds. The first-order chi connectivity index (χ1) is 4.91. The number of rotatable bonds is 0. The van der Waals surface area contributed by atoms with E-state index in [9.17, 15) is 0 Å². The van der Waals surface area contributed by atoms with E-state index in [1.807, 2.05) is 0 Å². The largest absolute Gasteiger partial charge is 0.311 e. The summed E-state index contributed by atoms with van der Waals surface area (Å²) in [5.74, 6) is 2.75. The van der Waals surface area contributed by atoms with E-state index in [4.69, 9.17) is 0 Å². The van der Waals surface area contributed by atoms with Gasteiger partial charge in [0.15, 0.2) is 0 Å². The van der Waals surface area contributed by atoms with Crippen molar-refractivity contribution in [3.63, 3.8) is 0 Å². The molecule has 2 aliphatic rings. The van der Waals surface area contributed by atoms with Crippen LogP contribution in [0.4, 0.5) is 0 Å². The maximum absolute atomic E-state index is 3.66. The Hall–Kier alpha value is 0.310. The third-order valence-corrected chi connectivity index (χ3v) is 3.61. The Labute approximate surface area is 67.0 Å². The zero-order valence-corrected chi connectivity index (χ0v) is 7.17.